The van der Waals surface area contributed by atoms with E-state index < -0.39 is 11.6 Å². The minimum absolute atomic E-state index is 0.588. The zero-order valence-corrected chi connectivity index (χ0v) is 10.2. The van der Waals surface area contributed by atoms with Crippen LogP contribution in [0, 0.1) is 11.6 Å². The number of benzene rings is 1. The van der Waals surface area contributed by atoms with Crippen LogP contribution in [0.25, 0.3) is 11.3 Å². The van der Waals surface area contributed by atoms with Crippen LogP contribution in [0.15, 0.2) is 23.6 Å². The molecule has 0 atom stereocenters. The van der Waals surface area contributed by atoms with Crippen LogP contribution in [0.3, 0.4) is 0 Å². The molecule has 2 rings (SSSR count). The highest BCUT2D eigenvalue weighted by molar-refractivity contribution is 7.14. The maximum atomic E-state index is 13.1. The van der Waals surface area contributed by atoms with Crippen molar-refractivity contribution < 1.29 is 8.78 Å². The minimum atomic E-state index is -0.849. The molecule has 0 amide bonds. The number of hydrogen-bond donors (Lipinski definition) is 1. The summed E-state index contributed by atoms with van der Waals surface area (Å²) in [7, 11) is 0. The summed E-state index contributed by atoms with van der Waals surface area (Å²) in [5.74, 6) is -1.69. The minimum Gasteiger partial charge on any atom is -0.362 e. The molecule has 5 heteroatoms. The highest BCUT2D eigenvalue weighted by atomic mass is 32.1. The van der Waals surface area contributed by atoms with Crippen molar-refractivity contribution in [2.75, 3.05) is 11.9 Å². The molecule has 0 radical (unpaired) electrons. The molecule has 1 aromatic carbocycles. The summed E-state index contributed by atoms with van der Waals surface area (Å²) in [4.78, 5) is 4.31. The maximum absolute atomic E-state index is 13.1. The molecule has 2 nitrogen and oxygen atoms in total. The monoisotopic (exact) mass is 254 g/mol. The Kier molecular flexibility index (Phi) is 3.68. The lowest BCUT2D eigenvalue weighted by atomic mass is 10.2. The zero-order chi connectivity index (χ0) is 12.3. The second-order valence-electron chi connectivity index (χ2n) is 3.59. The van der Waals surface area contributed by atoms with E-state index in [0.717, 1.165) is 30.2 Å². The smallest absolute Gasteiger partial charge is 0.183 e. The zero-order valence-electron chi connectivity index (χ0n) is 9.34. The van der Waals surface area contributed by atoms with Crippen molar-refractivity contribution in [3.8, 4) is 11.3 Å². The van der Waals surface area contributed by atoms with Gasteiger partial charge >= 0.3 is 0 Å². The van der Waals surface area contributed by atoms with Crippen LogP contribution >= 0.6 is 11.3 Å². The van der Waals surface area contributed by atoms with Gasteiger partial charge in [-0.1, -0.05) is 6.92 Å². The molecule has 0 aliphatic rings. The van der Waals surface area contributed by atoms with Crippen molar-refractivity contribution in [3.63, 3.8) is 0 Å². The summed E-state index contributed by atoms with van der Waals surface area (Å²) in [5, 5.41) is 5.77. The van der Waals surface area contributed by atoms with E-state index >= 15 is 0 Å². The third-order valence-electron chi connectivity index (χ3n) is 2.25. The molecule has 2 aromatic rings. The number of nitrogens with one attached hydrogen (secondary N) is 1. The van der Waals surface area contributed by atoms with E-state index in [1.807, 2.05) is 5.38 Å². The lowest BCUT2D eigenvalue weighted by Crippen LogP contribution is -1.98. The molecule has 0 saturated heterocycles. The molecule has 1 aromatic heterocycles. The van der Waals surface area contributed by atoms with Crippen molar-refractivity contribution in [2.24, 2.45) is 0 Å². The molecule has 0 bridgehead atoms. The average Bonchev–Trinajstić information content (AvgIpc) is 2.79. The van der Waals surface area contributed by atoms with Crippen LogP contribution in [-0.2, 0) is 0 Å². The highest BCUT2D eigenvalue weighted by Gasteiger charge is 2.07. The van der Waals surface area contributed by atoms with Crippen LogP contribution in [0.4, 0.5) is 13.9 Å². The maximum Gasteiger partial charge on any atom is 0.183 e. The second-order valence-corrected chi connectivity index (χ2v) is 4.45. The molecule has 0 aliphatic carbocycles. The number of nitrogens with zero attached hydrogens (tertiary/aromatic N) is 1. The van der Waals surface area contributed by atoms with E-state index in [1.54, 1.807) is 0 Å². The average molecular weight is 254 g/mol. The van der Waals surface area contributed by atoms with Gasteiger partial charge in [-0.2, -0.15) is 0 Å². The summed E-state index contributed by atoms with van der Waals surface area (Å²) in [6.07, 6.45) is 1.01. The molecule has 1 N–H and O–H groups in total. The van der Waals surface area contributed by atoms with Gasteiger partial charge in [-0.25, -0.2) is 13.8 Å². The summed E-state index contributed by atoms with van der Waals surface area (Å²) >= 11 is 1.46. The predicted octanol–water partition coefficient (Wildman–Crippen LogP) is 3.91. The first kappa shape index (κ1) is 12.0. The Morgan fingerprint density at radius 3 is 2.82 bits per heavy atom. The SMILES string of the molecule is CCCNc1nc(-c2ccc(F)c(F)c2)cs1. The van der Waals surface area contributed by atoms with Crippen molar-refractivity contribution >= 4 is 16.5 Å². The first-order valence-electron chi connectivity index (χ1n) is 5.35. The predicted molar refractivity (Wildman–Crippen MR) is 66.2 cm³/mol. The summed E-state index contributed by atoms with van der Waals surface area (Å²) in [5.41, 5.74) is 1.25. The largest absolute Gasteiger partial charge is 0.362 e. The Bertz CT molecular complexity index is 511. The Hall–Kier alpha value is -1.49. The van der Waals surface area contributed by atoms with Crippen LogP contribution in [-0.4, -0.2) is 11.5 Å². The lowest BCUT2D eigenvalue weighted by molar-refractivity contribution is 0.509. The normalized spacial score (nSPS) is 10.5. The third-order valence-corrected chi connectivity index (χ3v) is 3.05. The van der Waals surface area contributed by atoms with Gasteiger partial charge in [0.15, 0.2) is 16.8 Å². The molecule has 0 spiro atoms. The second kappa shape index (κ2) is 5.23. The number of aromatic nitrogens is 1. The quantitative estimate of drug-likeness (QED) is 0.894. The fraction of sp³-hybridized carbons (Fsp3) is 0.250. The fourth-order valence-corrected chi connectivity index (χ4v) is 2.12. The van der Waals surface area contributed by atoms with Crippen LogP contribution < -0.4 is 5.32 Å². The van der Waals surface area contributed by atoms with Gasteiger partial charge in [0.1, 0.15) is 0 Å². The molecular formula is C12H12F2N2S. The first-order valence-corrected chi connectivity index (χ1v) is 6.23. The molecule has 0 aliphatic heterocycles. The Labute approximate surface area is 102 Å². The van der Waals surface area contributed by atoms with Crippen molar-refractivity contribution in [1.29, 1.82) is 0 Å². The van der Waals surface area contributed by atoms with E-state index in [1.165, 1.54) is 17.4 Å². The van der Waals surface area contributed by atoms with Gasteiger partial charge in [0.2, 0.25) is 0 Å². The number of rotatable bonds is 4. The van der Waals surface area contributed by atoms with Crippen molar-refractivity contribution in [2.45, 2.75) is 13.3 Å². The summed E-state index contributed by atoms with van der Waals surface area (Å²) in [6, 6.07) is 3.80. The molecule has 90 valence electrons. The lowest BCUT2D eigenvalue weighted by Gasteiger charge is -1.99. The molecule has 1 heterocycles. The summed E-state index contributed by atoms with van der Waals surface area (Å²) < 4.78 is 25.8. The van der Waals surface area contributed by atoms with Crippen LogP contribution in [0.1, 0.15) is 13.3 Å². The highest BCUT2D eigenvalue weighted by Crippen LogP contribution is 2.25. The molecule has 17 heavy (non-hydrogen) atoms. The van der Waals surface area contributed by atoms with Gasteiger partial charge in [0.05, 0.1) is 5.69 Å². The Morgan fingerprint density at radius 2 is 2.12 bits per heavy atom. The number of anilines is 1. The Morgan fingerprint density at radius 1 is 1.29 bits per heavy atom. The van der Waals surface area contributed by atoms with Gasteiger partial charge in [-0.3, -0.25) is 0 Å². The van der Waals surface area contributed by atoms with E-state index in [-0.39, 0.29) is 0 Å². The van der Waals surface area contributed by atoms with Crippen LogP contribution in [0.2, 0.25) is 0 Å². The van der Waals surface area contributed by atoms with Crippen molar-refractivity contribution in [3.05, 3.63) is 35.2 Å². The number of hydrogen-bond acceptors (Lipinski definition) is 3. The van der Waals surface area contributed by atoms with Gasteiger partial charge in [-0.05, 0) is 24.6 Å². The van der Waals surface area contributed by atoms with Gasteiger partial charge < -0.3 is 5.32 Å². The third kappa shape index (κ3) is 2.79. The molecular weight excluding hydrogens is 242 g/mol. The van der Waals surface area contributed by atoms with E-state index in [9.17, 15) is 8.78 Å². The van der Waals surface area contributed by atoms with E-state index in [2.05, 4.69) is 17.2 Å². The summed E-state index contributed by atoms with van der Waals surface area (Å²) in [6.45, 7) is 2.92. The Balaban J connectivity index is 2.21. The molecule has 0 fully saturated rings. The van der Waals surface area contributed by atoms with Crippen LogP contribution in [0.5, 0.6) is 0 Å². The van der Waals surface area contributed by atoms with Crippen molar-refractivity contribution in [1.82, 2.24) is 4.98 Å². The standard InChI is InChI=1S/C12H12F2N2S/c1-2-5-15-12-16-11(7-17-12)8-3-4-9(13)10(14)6-8/h3-4,6-7H,2,5H2,1H3,(H,15,16). The number of thiazole rings is 1. The van der Waals surface area contributed by atoms with Gasteiger partial charge in [0, 0.05) is 17.5 Å². The van der Waals surface area contributed by atoms with E-state index in [4.69, 9.17) is 0 Å². The fourth-order valence-electron chi connectivity index (χ4n) is 1.37. The number of halogens is 2. The van der Waals surface area contributed by atoms with Gasteiger partial charge in [0.25, 0.3) is 0 Å². The van der Waals surface area contributed by atoms with E-state index in [0.29, 0.717) is 11.3 Å². The molecule has 0 saturated carbocycles. The first-order chi connectivity index (χ1) is 8.20. The molecule has 0 unspecified atom stereocenters. The van der Waals surface area contributed by atoms with Gasteiger partial charge in [-0.15, -0.1) is 11.3 Å². The topological polar surface area (TPSA) is 24.9 Å².